The normalized spacial score (nSPS) is 15.9. The molecule has 1 atom stereocenters. The Morgan fingerprint density at radius 3 is 2.70 bits per heavy atom. The topological polar surface area (TPSA) is 70.7 Å². The molecule has 6 nitrogen and oxygen atoms in total. The van der Waals surface area contributed by atoms with Gasteiger partial charge >= 0.3 is 11.8 Å². The zero-order chi connectivity index (χ0) is 19.2. The predicted molar refractivity (Wildman–Crippen MR) is 102 cm³/mol. The van der Waals surface area contributed by atoms with E-state index in [1.807, 2.05) is 16.8 Å². The molecule has 1 aromatic heterocycles. The van der Waals surface area contributed by atoms with Crippen LogP contribution in [0.25, 0.3) is 0 Å². The SMILES string of the molecule is Cc1ccc(NC(=O)C(=O)NC[C@H](c2ccsc2)N2CCOCC2)cc1F. The Morgan fingerprint density at radius 1 is 1.26 bits per heavy atom. The van der Waals surface area contributed by atoms with Crippen molar-refractivity contribution >= 4 is 28.8 Å². The van der Waals surface area contributed by atoms with Gasteiger partial charge in [0.15, 0.2) is 0 Å². The van der Waals surface area contributed by atoms with Crippen LogP contribution in [-0.4, -0.2) is 49.6 Å². The number of ether oxygens (including phenoxy) is 1. The van der Waals surface area contributed by atoms with Gasteiger partial charge in [-0.05, 0) is 47.0 Å². The van der Waals surface area contributed by atoms with E-state index in [9.17, 15) is 14.0 Å². The van der Waals surface area contributed by atoms with E-state index in [1.165, 1.54) is 6.07 Å². The smallest absolute Gasteiger partial charge is 0.313 e. The molecule has 8 heteroatoms. The van der Waals surface area contributed by atoms with E-state index in [1.54, 1.807) is 30.4 Å². The Bertz CT molecular complexity index is 792. The van der Waals surface area contributed by atoms with Crippen molar-refractivity contribution in [3.63, 3.8) is 0 Å². The fourth-order valence-corrected chi connectivity index (χ4v) is 3.65. The van der Waals surface area contributed by atoms with Gasteiger partial charge in [-0.1, -0.05) is 6.07 Å². The van der Waals surface area contributed by atoms with Crippen LogP contribution < -0.4 is 10.6 Å². The fraction of sp³-hybridized carbons (Fsp3) is 0.368. The van der Waals surface area contributed by atoms with Gasteiger partial charge in [0.25, 0.3) is 0 Å². The molecule has 2 N–H and O–H groups in total. The summed E-state index contributed by atoms with van der Waals surface area (Å²) in [4.78, 5) is 26.5. The summed E-state index contributed by atoms with van der Waals surface area (Å²) in [6, 6.07) is 6.31. The maximum Gasteiger partial charge on any atom is 0.313 e. The van der Waals surface area contributed by atoms with Crippen molar-refractivity contribution in [3.05, 3.63) is 52.0 Å². The molecule has 2 aromatic rings. The number of rotatable bonds is 5. The van der Waals surface area contributed by atoms with Gasteiger partial charge in [-0.3, -0.25) is 14.5 Å². The highest BCUT2D eigenvalue weighted by Gasteiger charge is 2.24. The Morgan fingerprint density at radius 2 is 2.04 bits per heavy atom. The molecule has 0 spiro atoms. The Kier molecular flexibility index (Phi) is 6.54. The minimum Gasteiger partial charge on any atom is -0.379 e. The van der Waals surface area contributed by atoms with Crippen LogP contribution in [0, 0.1) is 12.7 Å². The van der Waals surface area contributed by atoms with E-state index >= 15 is 0 Å². The van der Waals surface area contributed by atoms with Gasteiger partial charge in [0.2, 0.25) is 0 Å². The van der Waals surface area contributed by atoms with Crippen LogP contribution in [0.5, 0.6) is 0 Å². The number of benzene rings is 1. The number of amides is 2. The number of carbonyl (C=O) groups excluding carboxylic acids is 2. The average molecular weight is 391 g/mol. The van der Waals surface area contributed by atoms with Gasteiger partial charge in [0.1, 0.15) is 5.82 Å². The van der Waals surface area contributed by atoms with Crippen molar-refractivity contribution < 1.29 is 18.7 Å². The van der Waals surface area contributed by atoms with E-state index in [2.05, 4.69) is 15.5 Å². The quantitative estimate of drug-likeness (QED) is 0.768. The van der Waals surface area contributed by atoms with E-state index in [0.29, 0.717) is 25.3 Å². The molecule has 3 rings (SSSR count). The summed E-state index contributed by atoms with van der Waals surface area (Å²) in [5, 5.41) is 9.15. The van der Waals surface area contributed by atoms with Crippen molar-refractivity contribution in [1.82, 2.24) is 10.2 Å². The maximum atomic E-state index is 13.6. The van der Waals surface area contributed by atoms with E-state index in [-0.39, 0.29) is 11.7 Å². The first-order chi connectivity index (χ1) is 13.0. The zero-order valence-electron chi connectivity index (χ0n) is 15.0. The second-order valence-electron chi connectivity index (χ2n) is 6.35. The molecular weight excluding hydrogens is 369 g/mol. The lowest BCUT2D eigenvalue weighted by molar-refractivity contribution is -0.136. The number of anilines is 1. The molecule has 0 unspecified atom stereocenters. The summed E-state index contributed by atoms with van der Waals surface area (Å²) in [6.07, 6.45) is 0. The Labute approximate surface area is 161 Å². The average Bonchev–Trinajstić information content (AvgIpc) is 3.20. The molecule has 0 bridgehead atoms. The summed E-state index contributed by atoms with van der Waals surface area (Å²) < 4.78 is 19.0. The van der Waals surface area contributed by atoms with Crippen LogP contribution in [0.4, 0.5) is 10.1 Å². The number of morpholine rings is 1. The number of carbonyl (C=O) groups is 2. The zero-order valence-corrected chi connectivity index (χ0v) is 15.9. The van der Waals surface area contributed by atoms with Gasteiger partial charge in [-0.25, -0.2) is 4.39 Å². The van der Waals surface area contributed by atoms with Crippen molar-refractivity contribution in [1.29, 1.82) is 0 Å². The third kappa shape index (κ3) is 5.12. The lowest BCUT2D eigenvalue weighted by Crippen LogP contribution is -2.45. The summed E-state index contributed by atoms with van der Waals surface area (Å²) in [6.45, 7) is 4.77. The summed E-state index contributed by atoms with van der Waals surface area (Å²) >= 11 is 1.59. The molecule has 0 saturated carbocycles. The Balaban J connectivity index is 1.59. The standard InChI is InChI=1S/C19H22FN3O3S/c1-13-2-3-15(10-16(13)20)22-19(25)18(24)21-11-17(14-4-9-27-12-14)23-5-7-26-8-6-23/h2-4,9-10,12,17H,5-8,11H2,1H3,(H,21,24)(H,22,25)/t17-/m1/s1. The van der Waals surface area contributed by atoms with Crippen LogP contribution in [-0.2, 0) is 14.3 Å². The summed E-state index contributed by atoms with van der Waals surface area (Å²) in [5.41, 5.74) is 1.82. The van der Waals surface area contributed by atoms with Gasteiger partial charge in [-0.2, -0.15) is 11.3 Å². The number of hydrogen-bond donors (Lipinski definition) is 2. The van der Waals surface area contributed by atoms with Crippen molar-refractivity contribution in [2.45, 2.75) is 13.0 Å². The van der Waals surface area contributed by atoms with Crippen LogP contribution in [0.1, 0.15) is 17.2 Å². The highest BCUT2D eigenvalue weighted by atomic mass is 32.1. The molecule has 27 heavy (non-hydrogen) atoms. The molecule has 144 valence electrons. The lowest BCUT2D eigenvalue weighted by Gasteiger charge is -2.34. The minimum absolute atomic E-state index is 0.0197. The predicted octanol–water partition coefficient (Wildman–Crippen LogP) is 2.32. The fourth-order valence-electron chi connectivity index (χ4n) is 2.94. The summed E-state index contributed by atoms with van der Waals surface area (Å²) in [7, 11) is 0. The van der Waals surface area contributed by atoms with Gasteiger partial charge in [0, 0.05) is 25.3 Å². The number of halogens is 1. The molecule has 1 fully saturated rings. The van der Waals surface area contributed by atoms with Crippen LogP contribution in [0.15, 0.2) is 35.0 Å². The Hall–Kier alpha value is -2.29. The molecule has 1 aliphatic heterocycles. The second-order valence-corrected chi connectivity index (χ2v) is 7.13. The van der Waals surface area contributed by atoms with E-state index in [4.69, 9.17) is 4.74 Å². The molecule has 2 amide bonds. The monoisotopic (exact) mass is 391 g/mol. The molecule has 1 aliphatic rings. The first-order valence-corrected chi connectivity index (χ1v) is 9.68. The van der Waals surface area contributed by atoms with E-state index in [0.717, 1.165) is 18.7 Å². The first-order valence-electron chi connectivity index (χ1n) is 8.74. The molecule has 1 aromatic carbocycles. The highest BCUT2D eigenvalue weighted by Crippen LogP contribution is 2.23. The molecule has 2 heterocycles. The number of hydrogen-bond acceptors (Lipinski definition) is 5. The van der Waals surface area contributed by atoms with Crippen LogP contribution >= 0.6 is 11.3 Å². The van der Waals surface area contributed by atoms with E-state index < -0.39 is 17.6 Å². The number of nitrogens with one attached hydrogen (secondary N) is 2. The maximum absolute atomic E-state index is 13.6. The minimum atomic E-state index is -0.815. The van der Waals surface area contributed by atoms with Crippen molar-refractivity contribution in [2.24, 2.45) is 0 Å². The largest absolute Gasteiger partial charge is 0.379 e. The number of nitrogens with zero attached hydrogens (tertiary/aromatic N) is 1. The first kappa shape index (κ1) is 19.5. The van der Waals surface area contributed by atoms with Crippen molar-refractivity contribution in [3.8, 4) is 0 Å². The lowest BCUT2D eigenvalue weighted by atomic mass is 10.1. The third-order valence-electron chi connectivity index (χ3n) is 4.51. The van der Waals surface area contributed by atoms with Gasteiger partial charge in [0.05, 0.1) is 19.3 Å². The highest BCUT2D eigenvalue weighted by molar-refractivity contribution is 7.08. The van der Waals surface area contributed by atoms with Gasteiger partial charge < -0.3 is 15.4 Å². The molecule has 0 radical (unpaired) electrons. The number of thiophene rings is 1. The second kappa shape index (κ2) is 9.07. The molecular formula is C19H22FN3O3S. The summed E-state index contributed by atoms with van der Waals surface area (Å²) in [5.74, 6) is -1.99. The van der Waals surface area contributed by atoms with Crippen LogP contribution in [0.3, 0.4) is 0 Å². The van der Waals surface area contributed by atoms with Crippen LogP contribution in [0.2, 0.25) is 0 Å². The van der Waals surface area contributed by atoms with Gasteiger partial charge in [-0.15, -0.1) is 0 Å². The third-order valence-corrected chi connectivity index (χ3v) is 5.21. The number of aryl methyl sites for hydroxylation is 1. The molecule has 1 saturated heterocycles. The molecule has 0 aliphatic carbocycles. The van der Waals surface area contributed by atoms with Crippen molar-refractivity contribution in [2.75, 3.05) is 38.2 Å².